The van der Waals surface area contributed by atoms with Gasteiger partial charge in [-0.25, -0.2) is 17.8 Å². The van der Waals surface area contributed by atoms with Crippen LogP contribution in [-0.4, -0.2) is 30.0 Å². The minimum atomic E-state index is -4.04. The molecule has 0 atom stereocenters. The zero-order valence-corrected chi connectivity index (χ0v) is 20.0. The summed E-state index contributed by atoms with van der Waals surface area (Å²) >= 11 is 6.59. The number of carbonyl (C=O) groups excluding carboxylic acids is 1. The van der Waals surface area contributed by atoms with E-state index in [0.29, 0.717) is 5.69 Å². The Balaban J connectivity index is 1.67. The van der Waals surface area contributed by atoms with Gasteiger partial charge in [-0.15, -0.1) is 0 Å². The number of unbranched alkanes of at least 4 members (excludes halogenated alkanes) is 1. The van der Waals surface area contributed by atoms with Gasteiger partial charge in [-0.2, -0.15) is 0 Å². The van der Waals surface area contributed by atoms with E-state index < -0.39 is 32.0 Å². The van der Waals surface area contributed by atoms with Crippen molar-refractivity contribution in [1.29, 1.82) is 0 Å². The number of aromatic nitrogens is 2. The number of nitrogens with zero attached hydrogens (tertiary/aromatic N) is 1. The number of amides is 1. The van der Waals surface area contributed by atoms with Crippen molar-refractivity contribution < 1.29 is 17.6 Å². The van der Waals surface area contributed by atoms with E-state index in [9.17, 15) is 22.4 Å². The first-order valence-corrected chi connectivity index (χ1v) is 12.9. The minimum absolute atomic E-state index is 0.00721. The van der Waals surface area contributed by atoms with Crippen molar-refractivity contribution in [1.82, 2.24) is 9.97 Å². The molecule has 0 aliphatic heterocycles. The van der Waals surface area contributed by atoms with Gasteiger partial charge in [0.2, 0.25) is 15.7 Å². The molecule has 3 aromatic rings. The Hall–Kier alpha value is -2.69. The number of nitrogens with one attached hydrogen (secondary N) is 2. The molecule has 1 heterocycles. The molecule has 0 bridgehead atoms. The molecule has 0 spiro atoms. The number of sulfone groups is 1. The Kier molecular flexibility index (Phi) is 8.28. The predicted octanol–water partition coefficient (Wildman–Crippen LogP) is 4.47. The van der Waals surface area contributed by atoms with E-state index in [0.717, 1.165) is 48.9 Å². The summed E-state index contributed by atoms with van der Waals surface area (Å²) in [6, 6.07) is 10.2. The zero-order chi connectivity index (χ0) is 24.0. The maximum absolute atomic E-state index is 13.2. The number of halogens is 2. The van der Waals surface area contributed by atoms with Crippen molar-refractivity contribution in [3.05, 3.63) is 75.4 Å². The van der Waals surface area contributed by atoms with Gasteiger partial charge < -0.3 is 10.3 Å². The third-order valence-corrected chi connectivity index (χ3v) is 7.57. The first-order chi connectivity index (χ1) is 15.7. The largest absolute Gasteiger partial charge is 0.325 e. The average molecular weight is 510 g/mol. The lowest BCUT2D eigenvalue weighted by Gasteiger charge is -2.07. The van der Waals surface area contributed by atoms with Crippen LogP contribution in [0.2, 0.25) is 5.02 Å². The standard InChI is InChI=1S/C22H21ClFN3O4S2/c1-2-3-4-14-5-8-16(9-6-14)33(30,31)19-12-25-22(27-21(19)29)32-13-20(28)26-15-7-10-18(24)17(23)11-15/h5-12H,2-4,13H2,1H3,(H,26,28)(H,25,27,29). The number of hydrogen-bond acceptors (Lipinski definition) is 6. The highest BCUT2D eigenvalue weighted by molar-refractivity contribution is 7.99. The van der Waals surface area contributed by atoms with Crippen molar-refractivity contribution in [2.75, 3.05) is 11.1 Å². The third-order valence-electron chi connectivity index (χ3n) is 4.63. The Labute approximate surface area is 199 Å². The second-order valence-electron chi connectivity index (χ2n) is 7.10. The van der Waals surface area contributed by atoms with Gasteiger partial charge >= 0.3 is 0 Å². The van der Waals surface area contributed by atoms with Gasteiger partial charge in [-0.3, -0.25) is 9.59 Å². The molecule has 0 fully saturated rings. The molecule has 0 unspecified atom stereocenters. The lowest BCUT2D eigenvalue weighted by Crippen LogP contribution is -2.20. The summed E-state index contributed by atoms with van der Waals surface area (Å²) < 4.78 is 38.9. The van der Waals surface area contributed by atoms with Gasteiger partial charge in [0.15, 0.2) is 10.1 Å². The number of aromatic amines is 1. The Morgan fingerprint density at radius 1 is 1.21 bits per heavy atom. The number of thioether (sulfide) groups is 1. The van der Waals surface area contributed by atoms with Crippen LogP contribution in [0, 0.1) is 5.82 Å². The molecule has 7 nitrogen and oxygen atoms in total. The smallest absolute Gasteiger partial charge is 0.270 e. The van der Waals surface area contributed by atoms with Gasteiger partial charge in [0.25, 0.3) is 5.56 Å². The maximum atomic E-state index is 13.2. The van der Waals surface area contributed by atoms with E-state index in [1.807, 2.05) is 0 Å². The number of benzene rings is 2. The molecule has 1 aromatic heterocycles. The van der Waals surface area contributed by atoms with Crippen LogP contribution in [-0.2, 0) is 21.1 Å². The van der Waals surface area contributed by atoms with Crippen molar-refractivity contribution in [3.8, 4) is 0 Å². The number of H-pyrrole nitrogens is 1. The predicted molar refractivity (Wildman–Crippen MR) is 126 cm³/mol. The fraction of sp³-hybridized carbons (Fsp3) is 0.227. The quantitative estimate of drug-likeness (QED) is 0.325. The van der Waals surface area contributed by atoms with Gasteiger partial charge in [0.1, 0.15) is 5.82 Å². The lowest BCUT2D eigenvalue weighted by atomic mass is 10.1. The van der Waals surface area contributed by atoms with Crippen LogP contribution in [0.5, 0.6) is 0 Å². The molecule has 0 saturated heterocycles. The maximum Gasteiger partial charge on any atom is 0.270 e. The third kappa shape index (κ3) is 6.43. The van der Waals surface area contributed by atoms with Crippen LogP contribution in [0.15, 0.2) is 68.4 Å². The van der Waals surface area contributed by atoms with Gasteiger partial charge in [0, 0.05) is 5.69 Å². The molecule has 3 rings (SSSR count). The molecular formula is C22H21ClFN3O4S2. The molecule has 0 aliphatic rings. The molecule has 0 radical (unpaired) electrons. The van der Waals surface area contributed by atoms with Gasteiger partial charge in [-0.05, 0) is 48.7 Å². The van der Waals surface area contributed by atoms with Crippen LogP contribution in [0.25, 0.3) is 0 Å². The summed E-state index contributed by atoms with van der Waals surface area (Å²) in [6.07, 6.45) is 3.88. The molecule has 11 heteroatoms. The van der Waals surface area contributed by atoms with Crippen LogP contribution >= 0.6 is 23.4 Å². The number of rotatable bonds is 9. The van der Waals surface area contributed by atoms with Crippen molar-refractivity contribution in [2.45, 2.75) is 41.1 Å². The number of hydrogen-bond donors (Lipinski definition) is 2. The normalized spacial score (nSPS) is 11.4. The first kappa shape index (κ1) is 24.9. The average Bonchev–Trinajstić information content (AvgIpc) is 2.79. The summed E-state index contributed by atoms with van der Waals surface area (Å²) in [5.41, 5.74) is 0.514. The van der Waals surface area contributed by atoms with Crippen LogP contribution in [0.4, 0.5) is 10.1 Å². The van der Waals surface area contributed by atoms with Crippen molar-refractivity contribution in [3.63, 3.8) is 0 Å². The highest BCUT2D eigenvalue weighted by Crippen LogP contribution is 2.21. The fourth-order valence-electron chi connectivity index (χ4n) is 2.88. The molecule has 2 aromatic carbocycles. The zero-order valence-electron chi connectivity index (χ0n) is 17.6. The van der Waals surface area contributed by atoms with Crippen LogP contribution in [0.1, 0.15) is 25.3 Å². The van der Waals surface area contributed by atoms with E-state index >= 15 is 0 Å². The summed E-state index contributed by atoms with van der Waals surface area (Å²) in [7, 11) is -4.04. The van der Waals surface area contributed by atoms with Crippen LogP contribution in [0.3, 0.4) is 0 Å². The van der Waals surface area contributed by atoms with Crippen molar-refractivity contribution >= 4 is 44.8 Å². The van der Waals surface area contributed by atoms with E-state index in [1.165, 1.54) is 24.3 Å². The molecule has 2 N–H and O–H groups in total. The summed E-state index contributed by atoms with van der Waals surface area (Å²) in [5, 5.41) is 2.50. The Morgan fingerprint density at radius 3 is 2.58 bits per heavy atom. The number of aryl methyl sites for hydroxylation is 1. The minimum Gasteiger partial charge on any atom is -0.325 e. The van der Waals surface area contributed by atoms with Crippen molar-refractivity contribution in [2.24, 2.45) is 0 Å². The highest BCUT2D eigenvalue weighted by Gasteiger charge is 2.22. The molecule has 33 heavy (non-hydrogen) atoms. The molecule has 174 valence electrons. The second-order valence-corrected chi connectivity index (χ2v) is 10.4. The molecule has 0 aliphatic carbocycles. The lowest BCUT2D eigenvalue weighted by molar-refractivity contribution is -0.113. The van der Waals surface area contributed by atoms with Gasteiger partial charge in [-0.1, -0.05) is 48.8 Å². The fourth-order valence-corrected chi connectivity index (χ4v) is 4.93. The van der Waals surface area contributed by atoms with E-state index in [2.05, 4.69) is 22.2 Å². The SMILES string of the molecule is CCCCc1ccc(S(=O)(=O)c2cnc(SCC(=O)Nc3ccc(F)c(Cl)c3)[nH]c2=O)cc1. The number of anilines is 1. The summed E-state index contributed by atoms with van der Waals surface area (Å²) in [6.45, 7) is 2.08. The summed E-state index contributed by atoms with van der Waals surface area (Å²) in [5.74, 6) is -1.16. The number of carbonyl (C=O) groups is 1. The highest BCUT2D eigenvalue weighted by atomic mass is 35.5. The van der Waals surface area contributed by atoms with Gasteiger partial charge in [0.05, 0.1) is 21.9 Å². The monoisotopic (exact) mass is 509 g/mol. The molecule has 1 amide bonds. The first-order valence-electron chi connectivity index (χ1n) is 10.0. The van der Waals surface area contributed by atoms with E-state index in [4.69, 9.17) is 11.6 Å². The Bertz CT molecular complexity index is 1310. The Morgan fingerprint density at radius 2 is 1.94 bits per heavy atom. The molecule has 0 saturated carbocycles. The molecular weight excluding hydrogens is 489 g/mol. The van der Waals surface area contributed by atoms with E-state index in [-0.39, 0.29) is 20.8 Å². The van der Waals surface area contributed by atoms with E-state index in [1.54, 1.807) is 12.1 Å². The van der Waals surface area contributed by atoms with Crippen LogP contribution < -0.4 is 10.9 Å². The summed E-state index contributed by atoms with van der Waals surface area (Å²) in [4.78, 5) is 30.4. The second kappa shape index (κ2) is 11.0. The topological polar surface area (TPSA) is 109 Å².